The van der Waals surface area contributed by atoms with Crippen LogP contribution >= 0.6 is 0 Å². The van der Waals surface area contributed by atoms with E-state index in [9.17, 15) is 80.8 Å². The van der Waals surface area contributed by atoms with Crippen LogP contribution in [0.4, 0.5) is 0 Å². The van der Waals surface area contributed by atoms with Crippen LogP contribution < -0.4 is 0 Å². The van der Waals surface area contributed by atoms with Gasteiger partial charge in [0, 0.05) is 24.3 Å². The third kappa shape index (κ3) is 11.2. The van der Waals surface area contributed by atoms with Crippen LogP contribution in [0.25, 0.3) is 0 Å². The van der Waals surface area contributed by atoms with Crippen LogP contribution in [0.15, 0.2) is 23.3 Å². The number of allylic oxidation sites excluding steroid dienone is 3. The summed E-state index contributed by atoms with van der Waals surface area (Å²) in [5.74, 6) is -3.55. The van der Waals surface area contributed by atoms with Crippen molar-refractivity contribution in [2.75, 3.05) is 19.8 Å². The Morgan fingerprint density at radius 3 is 1.99 bits per heavy atom. The fourth-order valence-corrected chi connectivity index (χ4v) is 17.1. The number of hydrogen-bond donors (Lipinski definition) is 13. The molecule has 4 aliphatic heterocycles. The maximum atomic E-state index is 13.5. The van der Waals surface area contributed by atoms with Gasteiger partial charge in [0.2, 0.25) is 0 Å². The fraction of sp³-hybridized carbons (Fsp3) is 0.881. The topological polar surface area (TPSA) is 407 Å². The van der Waals surface area contributed by atoms with Gasteiger partial charge >= 0.3 is 17.9 Å². The summed E-state index contributed by atoms with van der Waals surface area (Å²) in [7, 11) is 0. The van der Waals surface area contributed by atoms with Crippen molar-refractivity contribution >= 4 is 17.9 Å². The standard InChI is InChI=1S/C59H92O26/c1-11-24(2)48(74)84-45-46(77-25(3)62)59(23-61)27(19-54(45,4)5)26-12-13-33-56(8)16-15-35(55(6,7)32(56)14-17-57(33,9)58(26,10)20-34(59)65)80-53-44(83-52-40(70)38(68)37(67)31(21-60)79-52)42(41(71)43(82-53)47(72)73)81-50-30(18-28(63)49(75)85-50)78-51-39(69)36(66)29(64)22-76-51/h11-12,27-46,49-53,60-61,63-71,75H,13-23H2,1-10H3,(H,72,73)/b24-11-/t27-,28+,29+,30+,31+,32-,33+,34+,35-,36-,37-,38-,39+,40+,41-,42-,43-,44+,45-,46-,49-,50+,51-,52-,53+,56-,57+,58+,59-/m0/s1. The molecule has 0 radical (unpaired) electrons. The van der Waals surface area contributed by atoms with Gasteiger partial charge in [-0.15, -0.1) is 0 Å². The first kappa shape index (κ1) is 66.5. The molecule has 5 aliphatic carbocycles. The van der Waals surface area contributed by atoms with Crippen LogP contribution in [0.5, 0.6) is 0 Å². The lowest BCUT2D eigenvalue weighted by molar-refractivity contribution is -0.406. The van der Waals surface area contributed by atoms with Crippen molar-refractivity contribution in [1.29, 1.82) is 0 Å². The zero-order chi connectivity index (χ0) is 62.6. The van der Waals surface area contributed by atoms with Crippen LogP contribution in [0.1, 0.15) is 121 Å². The minimum Gasteiger partial charge on any atom is -0.479 e. The number of esters is 2. The van der Waals surface area contributed by atoms with Crippen molar-refractivity contribution in [1.82, 2.24) is 0 Å². The highest BCUT2D eigenvalue weighted by Crippen LogP contribution is 2.76. The number of carboxylic acids is 1. The minimum atomic E-state index is -2.21. The van der Waals surface area contributed by atoms with Gasteiger partial charge in [-0.25, -0.2) is 9.59 Å². The Labute approximate surface area is 493 Å². The summed E-state index contributed by atoms with van der Waals surface area (Å²) in [4.78, 5) is 39.6. The molecule has 85 heavy (non-hydrogen) atoms. The Morgan fingerprint density at radius 1 is 0.682 bits per heavy atom. The van der Waals surface area contributed by atoms with Crippen LogP contribution in [0, 0.1) is 50.2 Å². The monoisotopic (exact) mass is 1220 g/mol. The van der Waals surface area contributed by atoms with Crippen LogP contribution in [0.3, 0.4) is 0 Å². The van der Waals surface area contributed by atoms with Crippen LogP contribution in [-0.2, 0) is 61.8 Å². The number of carbonyl (C=O) groups is 3. The third-order valence-corrected chi connectivity index (χ3v) is 22.2. The molecule has 29 atom stereocenters. The van der Waals surface area contributed by atoms with Crippen molar-refractivity contribution < 1.29 is 128 Å². The van der Waals surface area contributed by atoms with Crippen molar-refractivity contribution in [2.24, 2.45) is 50.2 Å². The van der Waals surface area contributed by atoms with Crippen molar-refractivity contribution in [3.8, 4) is 0 Å². The number of ether oxygens (including phenoxy) is 10. The molecule has 4 heterocycles. The molecule has 0 aromatic heterocycles. The van der Waals surface area contributed by atoms with E-state index < -0.39 is 218 Å². The molecule has 4 saturated carbocycles. The summed E-state index contributed by atoms with van der Waals surface area (Å²) in [5, 5.41) is 143. The molecule has 26 heteroatoms. The van der Waals surface area contributed by atoms with Gasteiger partial charge in [0.25, 0.3) is 0 Å². The first-order valence-corrected chi connectivity index (χ1v) is 29.9. The molecule has 0 unspecified atom stereocenters. The highest BCUT2D eigenvalue weighted by atomic mass is 16.8. The number of aliphatic hydroxyl groups is 12. The summed E-state index contributed by atoms with van der Waals surface area (Å²) >= 11 is 0. The van der Waals surface area contributed by atoms with Gasteiger partial charge in [-0.05, 0) is 98.2 Å². The highest BCUT2D eigenvalue weighted by Gasteiger charge is 2.74. The molecule has 8 fully saturated rings. The zero-order valence-electron chi connectivity index (χ0n) is 50.0. The van der Waals surface area contributed by atoms with E-state index in [4.69, 9.17) is 47.4 Å². The summed E-state index contributed by atoms with van der Waals surface area (Å²) in [5.41, 5.74) is -3.17. The van der Waals surface area contributed by atoms with Gasteiger partial charge in [-0.3, -0.25) is 4.79 Å². The average molecular weight is 1220 g/mol. The average Bonchev–Trinajstić information content (AvgIpc) is 0.691. The van der Waals surface area contributed by atoms with E-state index in [1.807, 2.05) is 27.7 Å². The summed E-state index contributed by atoms with van der Waals surface area (Å²) in [6, 6.07) is 0. The molecule has 26 nitrogen and oxygen atoms in total. The van der Waals surface area contributed by atoms with Gasteiger partial charge in [0.15, 0.2) is 37.6 Å². The van der Waals surface area contributed by atoms with E-state index in [-0.39, 0.29) is 18.3 Å². The second kappa shape index (κ2) is 24.4. The summed E-state index contributed by atoms with van der Waals surface area (Å²) in [6.07, 6.45) is -30.7. The van der Waals surface area contributed by atoms with E-state index in [1.54, 1.807) is 19.9 Å². The van der Waals surface area contributed by atoms with Crippen LogP contribution in [0.2, 0.25) is 0 Å². The Morgan fingerprint density at radius 2 is 1.35 bits per heavy atom. The lowest BCUT2D eigenvalue weighted by atomic mass is 9.33. The van der Waals surface area contributed by atoms with Crippen molar-refractivity contribution in [2.45, 2.75) is 256 Å². The Kier molecular flexibility index (Phi) is 19.1. The maximum Gasteiger partial charge on any atom is 0.335 e. The molecule has 4 saturated heterocycles. The smallest absolute Gasteiger partial charge is 0.335 e. The van der Waals surface area contributed by atoms with Crippen molar-refractivity contribution in [3.05, 3.63) is 23.3 Å². The second-order valence-electron chi connectivity index (χ2n) is 27.6. The Balaban J connectivity index is 1.03. The van der Waals surface area contributed by atoms with Gasteiger partial charge in [0.05, 0.1) is 37.4 Å². The predicted octanol–water partition coefficient (Wildman–Crippen LogP) is -0.843. The zero-order valence-corrected chi connectivity index (χ0v) is 50.0. The number of carboxylic acid groups (broad SMARTS) is 1. The molecule has 484 valence electrons. The SMILES string of the molecule is C/C=C(/C)C(=O)O[C@H]1[C@H](OC(C)=O)[C@]2(CO)[C@H](O)C[C@]3(C)C(=CC[C@@H]4[C@@]5(C)CC[C@H](O[C@@H]6O[C@H](C(=O)O)[C@@H](O)[C@H](O[C@@H]7O[C@H](O)[C@H](O)C[C@H]7O[C@@H]7OC[C@@H](O)[C@H](O)[C@H]7O)[C@H]6O[C@@H]6O[C@H](CO)[C@H](O)[C@H](O)[C@H]6O)C(C)(C)[C@@H]5CC[C@]43C)[C@@H]2CC1(C)C. The molecule has 9 rings (SSSR count). The lowest BCUT2D eigenvalue weighted by Crippen LogP contribution is -2.72. The molecule has 9 aliphatic rings. The van der Waals surface area contributed by atoms with E-state index in [2.05, 4.69) is 26.8 Å². The second-order valence-corrected chi connectivity index (χ2v) is 27.6. The Bertz CT molecular complexity index is 2490. The molecule has 0 aromatic rings. The van der Waals surface area contributed by atoms with E-state index in [0.717, 1.165) is 5.57 Å². The van der Waals surface area contributed by atoms with Crippen LogP contribution in [-0.4, -0.2) is 239 Å². The maximum absolute atomic E-state index is 13.5. The third-order valence-electron chi connectivity index (χ3n) is 22.2. The lowest BCUT2D eigenvalue weighted by Gasteiger charge is -2.72. The van der Waals surface area contributed by atoms with Gasteiger partial charge in [-0.1, -0.05) is 66.2 Å². The first-order valence-electron chi connectivity index (χ1n) is 29.9. The van der Waals surface area contributed by atoms with Gasteiger partial charge in [0.1, 0.15) is 85.5 Å². The molecule has 13 N–H and O–H groups in total. The van der Waals surface area contributed by atoms with E-state index in [1.165, 1.54) is 6.92 Å². The highest BCUT2D eigenvalue weighted by molar-refractivity contribution is 5.87. The quantitative estimate of drug-likeness (QED) is 0.0436. The minimum absolute atomic E-state index is 0.00886. The number of rotatable bonds is 14. The predicted molar refractivity (Wildman–Crippen MR) is 288 cm³/mol. The van der Waals surface area contributed by atoms with E-state index in [0.29, 0.717) is 44.1 Å². The molecule has 0 aromatic carbocycles. The summed E-state index contributed by atoms with van der Waals surface area (Å²) in [6.45, 7) is 17.4. The molecule has 0 bridgehead atoms. The normalized spacial score (nSPS) is 50.5. The van der Waals surface area contributed by atoms with Gasteiger partial charge in [-0.2, -0.15) is 0 Å². The molecule has 0 spiro atoms. The fourth-order valence-electron chi connectivity index (χ4n) is 17.1. The van der Waals surface area contributed by atoms with E-state index >= 15 is 0 Å². The molecule has 0 amide bonds. The molecular weight excluding hydrogens is 1120 g/mol. The number of aliphatic carboxylic acids is 1. The summed E-state index contributed by atoms with van der Waals surface area (Å²) < 4.78 is 60.9. The number of hydrogen-bond acceptors (Lipinski definition) is 25. The first-order chi connectivity index (χ1) is 39.7. The largest absolute Gasteiger partial charge is 0.479 e. The number of aliphatic hydroxyl groups excluding tert-OH is 12. The van der Waals surface area contributed by atoms with Crippen molar-refractivity contribution in [3.63, 3.8) is 0 Å². The Hall–Kier alpha value is -2.91. The number of carbonyl (C=O) groups excluding carboxylic acids is 2. The number of fused-ring (bicyclic) bond motifs is 7. The van der Waals surface area contributed by atoms with Gasteiger partial charge < -0.3 is 114 Å². The molecular formula is C59H92O26.